The maximum Gasteiger partial charge on any atom is 0.230 e. The highest BCUT2D eigenvalue weighted by Gasteiger charge is 2.18. The molecule has 0 aromatic heterocycles. The Hall–Kier alpha value is -1.92. The number of aryl methyl sites for hydroxylation is 1. The molecule has 0 bridgehead atoms. The molecule has 0 fully saturated rings. The summed E-state index contributed by atoms with van der Waals surface area (Å²) in [4.78, 5) is 22.8. The van der Waals surface area contributed by atoms with E-state index >= 15 is 0 Å². The first-order chi connectivity index (χ1) is 9.52. The van der Waals surface area contributed by atoms with Crippen molar-refractivity contribution in [2.45, 2.75) is 19.4 Å². The lowest BCUT2D eigenvalue weighted by molar-refractivity contribution is -0.683. The van der Waals surface area contributed by atoms with Crippen molar-refractivity contribution in [1.82, 2.24) is 0 Å². The predicted molar refractivity (Wildman–Crippen MR) is 71.9 cm³/mol. The highest BCUT2D eigenvalue weighted by molar-refractivity contribution is 5.93. The Kier molecular flexibility index (Phi) is 6.69. The van der Waals surface area contributed by atoms with Crippen molar-refractivity contribution in [1.29, 1.82) is 0 Å². The van der Waals surface area contributed by atoms with E-state index in [9.17, 15) is 14.7 Å². The number of carboxylic acids is 1. The average molecular weight is 280 g/mol. The van der Waals surface area contributed by atoms with Gasteiger partial charge < -0.3 is 25.3 Å². The van der Waals surface area contributed by atoms with Gasteiger partial charge in [0.1, 0.15) is 6.04 Å². The van der Waals surface area contributed by atoms with Crippen molar-refractivity contribution in [2.75, 3.05) is 25.6 Å². The maximum absolute atomic E-state index is 11.8. The molecule has 20 heavy (non-hydrogen) atoms. The summed E-state index contributed by atoms with van der Waals surface area (Å²) >= 11 is 0. The summed E-state index contributed by atoms with van der Waals surface area (Å²) in [6.07, 6.45) is -0.139. The highest BCUT2D eigenvalue weighted by atomic mass is 16.5. The first kappa shape index (κ1) is 16.1. The van der Waals surface area contributed by atoms with Crippen LogP contribution in [-0.4, -0.2) is 38.2 Å². The number of methoxy groups -OCH3 is 1. The number of carboxylic acid groups (broad SMARTS) is 1. The van der Waals surface area contributed by atoms with Crippen molar-refractivity contribution in [3.05, 3.63) is 29.8 Å². The number of hydrogen-bond donors (Lipinski definition) is 2. The molecular weight excluding hydrogens is 260 g/mol. The molecule has 0 saturated heterocycles. The van der Waals surface area contributed by atoms with Gasteiger partial charge in [-0.15, -0.1) is 0 Å². The van der Waals surface area contributed by atoms with Gasteiger partial charge >= 0.3 is 0 Å². The van der Waals surface area contributed by atoms with Gasteiger partial charge in [0.05, 0.1) is 25.5 Å². The van der Waals surface area contributed by atoms with E-state index in [-0.39, 0.29) is 12.3 Å². The number of carbonyl (C=O) groups is 2. The fourth-order valence-corrected chi connectivity index (χ4v) is 1.78. The number of nitrogens with one attached hydrogen (secondary N) is 1. The second-order valence-corrected chi connectivity index (χ2v) is 4.56. The summed E-state index contributed by atoms with van der Waals surface area (Å²) in [6, 6.07) is 6.41. The molecule has 0 unspecified atom stereocenters. The van der Waals surface area contributed by atoms with Crippen LogP contribution >= 0.6 is 0 Å². The molecule has 6 heteroatoms. The minimum atomic E-state index is -1.25. The number of benzene rings is 1. The molecule has 110 valence electrons. The van der Waals surface area contributed by atoms with E-state index in [0.29, 0.717) is 18.8 Å². The van der Waals surface area contributed by atoms with Crippen LogP contribution in [-0.2, 0) is 14.3 Å². The molecule has 0 aliphatic heterocycles. The Balaban J connectivity index is 2.51. The Morgan fingerprint density at radius 1 is 1.45 bits per heavy atom. The van der Waals surface area contributed by atoms with Crippen molar-refractivity contribution >= 4 is 17.6 Å². The number of hydrogen-bond acceptors (Lipinski definition) is 4. The van der Waals surface area contributed by atoms with E-state index in [1.807, 2.05) is 25.1 Å². The Labute approximate surface area is 118 Å². The Bertz CT molecular complexity index is 462. The third kappa shape index (κ3) is 5.81. The summed E-state index contributed by atoms with van der Waals surface area (Å²) in [5.74, 6) is -1.60. The van der Waals surface area contributed by atoms with Crippen LogP contribution in [0.25, 0.3) is 0 Å². The number of anilines is 1. The van der Waals surface area contributed by atoms with Crippen LogP contribution in [0.5, 0.6) is 0 Å². The first-order valence-corrected chi connectivity index (χ1v) is 6.42. The van der Waals surface area contributed by atoms with E-state index in [4.69, 9.17) is 4.74 Å². The molecule has 0 aliphatic rings. The lowest BCUT2D eigenvalue weighted by atomic mass is 10.2. The lowest BCUT2D eigenvalue weighted by Crippen LogP contribution is -2.94. The zero-order valence-corrected chi connectivity index (χ0v) is 11.7. The van der Waals surface area contributed by atoms with Gasteiger partial charge in [0.25, 0.3) is 0 Å². The van der Waals surface area contributed by atoms with Gasteiger partial charge in [-0.3, -0.25) is 4.79 Å². The Morgan fingerprint density at radius 2 is 2.20 bits per heavy atom. The van der Waals surface area contributed by atoms with Gasteiger partial charge in [0, 0.05) is 12.8 Å². The lowest BCUT2D eigenvalue weighted by Gasteiger charge is -2.16. The molecule has 0 heterocycles. The maximum atomic E-state index is 11.8. The minimum Gasteiger partial charge on any atom is -0.544 e. The van der Waals surface area contributed by atoms with E-state index in [2.05, 4.69) is 5.32 Å². The second-order valence-electron chi connectivity index (χ2n) is 4.56. The van der Waals surface area contributed by atoms with Crippen molar-refractivity contribution in [3.63, 3.8) is 0 Å². The van der Waals surface area contributed by atoms with Crippen LogP contribution in [0.2, 0.25) is 0 Å². The molecule has 1 rings (SSSR count). The summed E-state index contributed by atoms with van der Waals surface area (Å²) in [6.45, 7) is 2.80. The molecular formula is C14H20N2O4. The zero-order chi connectivity index (χ0) is 15.0. The van der Waals surface area contributed by atoms with E-state index < -0.39 is 12.0 Å². The molecule has 1 amide bonds. The van der Waals surface area contributed by atoms with E-state index in [1.54, 1.807) is 6.07 Å². The molecule has 0 saturated carbocycles. The molecule has 1 atom stereocenters. The summed E-state index contributed by atoms with van der Waals surface area (Å²) in [7, 11) is 1.53. The summed E-state index contributed by atoms with van der Waals surface area (Å²) in [5, 5.41) is 15.2. The Morgan fingerprint density at radius 3 is 2.80 bits per heavy atom. The fraction of sp³-hybridized carbons (Fsp3) is 0.429. The number of nitrogens with two attached hydrogens (primary N) is 1. The van der Waals surface area contributed by atoms with Gasteiger partial charge in [-0.25, -0.2) is 0 Å². The molecule has 1 aromatic carbocycles. The number of ether oxygens (including phenoxy) is 1. The molecule has 0 aliphatic carbocycles. The van der Waals surface area contributed by atoms with Gasteiger partial charge in [0.2, 0.25) is 5.91 Å². The van der Waals surface area contributed by atoms with E-state index in [0.717, 1.165) is 5.56 Å². The van der Waals surface area contributed by atoms with Crippen LogP contribution in [0, 0.1) is 6.92 Å². The molecule has 3 N–H and O–H groups in total. The van der Waals surface area contributed by atoms with Crippen LogP contribution in [0.15, 0.2) is 24.3 Å². The smallest absolute Gasteiger partial charge is 0.230 e. The molecule has 1 aromatic rings. The van der Waals surface area contributed by atoms with Crippen molar-refractivity contribution in [3.8, 4) is 0 Å². The van der Waals surface area contributed by atoms with Crippen molar-refractivity contribution in [2.24, 2.45) is 0 Å². The summed E-state index contributed by atoms with van der Waals surface area (Å²) in [5.41, 5.74) is 1.68. The number of quaternary nitrogens is 1. The van der Waals surface area contributed by atoms with Crippen LogP contribution in [0.3, 0.4) is 0 Å². The van der Waals surface area contributed by atoms with E-state index in [1.165, 1.54) is 12.4 Å². The van der Waals surface area contributed by atoms with Crippen LogP contribution < -0.4 is 15.7 Å². The SMILES string of the molecule is COCC[NH2+][C@@H](CC(=O)Nc1cccc(C)c1)C(=O)[O-]. The molecule has 6 nitrogen and oxygen atoms in total. The largest absolute Gasteiger partial charge is 0.544 e. The molecule has 0 spiro atoms. The van der Waals surface area contributed by atoms with Gasteiger partial charge in [-0.1, -0.05) is 12.1 Å². The van der Waals surface area contributed by atoms with Gasteiger partial charge in [0.15, 0.2) is 0 Å². The van der Waals surface area contributed by atoms with Crippen LogP contribution in [0.4, 0.5) is 5.69 Å². The normalized spacial score (nSPS) is 11.9. The highest BCUT2D eigenvalue weighted by Crippen LogP contribution is 2.09. The number of aliphatic carboxylic acids is 1. The standard InChI is InChI=1S/C14H20N2O4/c1-10-4-3-5-11(8-10)16-13(17)9-12(14(18)19)15-6-7-20-2/h3-5,8,12,15H,6-7,9H2,1-2H3,(H,16,17)(H,18,19)/t12-/m0/s1. The monoisotopic (exact) mass is 280 g/mol. The number of rotatable bonds is 8. The van der Waals surface area contributed by atoms with Crippen molar-refractivity contribution < 1.29 is 24.7 Å². The quantitative estimate of drug-likeness (QED) is 0.576. The minimum absolute atomic E-state index is 0.139. The van der Waals surface area contributed by atoms with Crippen LogP contribution in [0.1, 0.15) is 12.0 Å². The number of carbonyl (C=O) groups excluding carboxylic acids is 2. The number of amides is 1. The predicted octanol–water partition coefficient (Wildman–Crippen LogP) is -1.35. The van der Waals surface area contributed by atoms with Gasteiger partial charge in [-0.05, 0) is 24.6 Å². The topological polar surface area (TPSA) is 95.1 Å². The average Bonchev–Trinajstić information content (AvgIpc) is 2.37. The zero-order valence-electron chi connectivity index (χ0n) is 11.7. The second kappa shape index (κ2) is 8.29. The fourth-order valence-electron chi connectivity index (χ4n) is 1.78. The third-order valence-electron chi connectivity index (χ3n) is 2.78. The van der Waals surface area contributed by atoms with Gasteiger partial charge in [-0.2, -0.15) is 0 Å². The summed E-state index contributed by atoms with van der Waals surface area (Å²) < 4.78 is 4.84. The third-order valence-corrected chi connectivity index (χ3v) is 2.78. The first-order valence-electron chi connectivity index (χ1n) is 6.42. The molecule has 0 radical (unpaired) electrons.